The van der Waals surface area contributed by atoms with Crippen molar-refractivity contribution in [3.05, 3.63) is 11.4 Å². The minimum atomic E-state index is -0.495. The summed E-state index contributed by atoms with van der Waals surface area (Å²) in [4.78, 5) is 11.0. The Hall–Kier alpha value is -1.27. The van der Waals surface area contributed by atoms with Gasteiger partial charge < -0.3 is 19.5 Å². The molecule has 0 spiro atoms. The first-order valence-electron chi connectivity index (χ1n) is 4.51. The SMILES string of the molecule is CNC(=O)Oc1sccc1OCC1CO1. The molecule has 0 aromatic carbocycles. The predicted octanol–water partition coefficient (Wildman–Crippen LogP) is 1.24. The summed E-state index contributed by atoms with van der Waals surface area (Å²) >= 11 is 1.32. The zero-order valence-electron chi connectivity index (χ0n) is 8.19. The number of epoxide rings is 1. The smallest absolute Gasteiger partial charge is 0.413 e. The van der Waals surface area contributed by atoms with Crippen molar-refractivity contribution in [1.29, 1.82) is 0 Å². The lowest BCUT2D eigenvalue weighted by atomic mass is 10.5. The van der Waals surface area contributed by atoms with E-state index in [9.17, 15) is 4.79 Å². The summed E-state index contributed by atoms with van der Waals surface area (Å²) in [6.45, 7) is 1.25. The highest BCUT2D eigenvalue weighted by Crippen LogP contribution is 2.34. The maximum absolute atomic E-state index is 11.0. The first kappa shape index (κ1) is 10.3. The van der Waals surface area contributed by atoms with Crippen molar-refractivity contribution in [1.82, 2.24) is 5.32 Å². The van der Waals surface area contributed by atoms with E-state index in [0.29, 0.717) is 17.4 Å². The minimum absolute atomic E-state index is 0.192. The van der Waals surface area contributed by atoms with E-state index in [-0.39, 0.29) is 6.10 Å². The van der Waals surface area contributed by atoms with Crippen LogP contribution in [0.25, 0.3) is 0 Å². The molecule has 0 radical (unpaired) electrons. The molecule has 2 heterocycles. The summed E-state index contributed by atoms with van der Waals surface area (Å²) in [5, 5.41) is 4.65. The second-order valence-electron chi connectivity index (χ2n) is 2.98. The lowest BCUT2D eigenvalue weighted by Gasteiger charge is -2.05. The Kier molecular flexibility index (Phi) is 3.08. The monoisotopic (exact) mass is 229 g/mol. The van der Waals surface area contributed by atoms with E-state index in [1.165, 1.54) is 18.4 Å². The van der Waals surface area contributed by atoms with Crippen LogP contribution in [0, 0.1) is 0 Å². The van der Waals surface area contributed by atoms with Crippen LogP contribution in [0.5, 0.6) is 10.8 Å². The summed E-state index contributed by atoms with van der Waals surface area (Å²) < 4.78 is 15.4. The fraction of sp³-hybridized carbons (Fsp3) is 0.444. The molecule has 1 aliphatic heterocycles. The van der Waals surface area contributed by atoms with Gasteiger partial charge in [-0.25, -0.2) is 4.79 Å². The van der Waals surface area contributed by atoms with Crippen LogP contribution < -0.4 is 14.8 Å². The van der Waals surface area contributed by atoms with Crippen molar-refractivity contribution < 1.29 is 19.0 Å². The van der Waals surface area contributed by atoms with Crippen molar-refractivity contribution in [2.24, 2.45) is 0 Å². The first-order valence-corrected chi connectivity index (χ1v) is 5.39. The molecule has 0 bridgehead atoms. The van der Waals surface area contributed by atoms with E-state index in [0.717, 1.165) is 6.61 Å². The van der Waals surface area contributed by atoms with Crippen molar-refractivity contribution in [2.75, 3.05) is 20.3 Å². The summed E-state index contributed by atoms with van der Waals surface area (Å²) in [5.74, 6) is 0.583. The molecule has 0 aliphatic carbocycles. The summed E-state index contributed by atoms with van der Waals surface area (Å²) in [6.07, 6.45) is -0.303. The van der Waals surface area contributed by atoms with Crippen molar-refractivity contribution in [3.63, 3.8) is 0 Å². The summed E-state index contributed by atoms with van der Waals surface area (Å²) in [6, 6.07) is 1.77. The Morgan fingerprint density at radius 1 is 1.80 bits per heavy atom. The predicted molar refractivity (Wildman–Crippen MR) is 54.6 cm³/mol. The molecule has 2 rings (SSSR count). The van der Waals surface area contributed by atoms with Gasteiger partial charge in [0.2, 0.25) is 5.06 Å². The molecule has 6 heteroatoms. The average Bonchev–Trinajstić information content (AvgIpc) is 2.97. The number of carbonyl (C=O) groups is 1. The number of thiophene rings is 1. The van der Waals surface area contributed by atoms with Gasteiger partial charge in [-0.2, -0.15) is 0 Å². The molecule has 1 N–H and O–H groups in total. The Labute approximate surface area is 90.9 Å². The standard InChI is InChI=1S/C9H11NO4S/c1-10-9(11)14-8-7(2-3-15-8)13-5-6-4-12-6/h2-3,6H,4-5H2,1H3,(H,10,11). The van der Waals surface area contributed by atoms with E-state index >= 15 is 0 Å². The number of nitrogens with one attached hydrogen (secondary N) is 1. The van der Waals surface area contributed by atoms with Gasteiger partial charge in [-0.1, -0.05) is 0 Å². The van der Waals surface area contributed by atoms with Gasteiger partial charge >= 0.3 is 6.09 Å². The highest BCUT2D eigenvalue weighted by Gasteiger charge is 2.24. The second kappa shape index (κ2) is 4.50. The second-order valence-corrected chi connectivity index (χ2v) is 3.86. The van der Waals surface area contributed by atoms with Gasteiger partial charge in [-0.3, -0.25) is 0 Å². The van der Waals surface area contributed by atoms with Crippen molar-refractivity contribution >= 4 is 17.4 Å². The number of hydrogen-bond acceptors (Lipinski definition) is 5. The number of ether oxygens (including phenoxy) is 3. The molecule has 1 fully saturated rings. The highest BCUT2D eigenvalue weighted by atomic mass is 32.1. The van der Waals surface area contributed by atoms with Gasteiger partial charge in [-0.05, 0) is 11.4 Å². The van der Waals surface area contributed by atoms with E-state index < -0.39 is 6.09 Å². The molecule has 1 atom stereocenters. The normalized spacial score (nSPS) is 18.3. The van der Waals surface area contributed by atoms with E-state index in [4.69, 9.17) is 14.2 Å². The van der Waals surface area contributed by atoms with Crippen LogP contribution in [0.1, 0.15) is 0 Å². The molecule has 82 valence electrons. The molecule has 15 heavy (non-hydrogen) atoms. The van der Waals surface area contributed by atoms with Crippen molar-refractivity contribution in [3.8, 4) is 10.8 Å². The lowest BCUT2D eigenvalue weighted by Crippen LogP contribution is -2.21. The Bertz CT molecular complexity index is 348. The fourth-order valence-electron chi connectivity index (χ4n) is 0.947. The number of hydrogen-bond donors (Lipinski definition) is 1. The molecule has 1 aliphatic rings. The van der Waals surface area contributed by atoms with Gasteiger partial charge in [0.25, 0.3) is 0 Å². The van der Waals surface area contributed by atoms with Crippen LogP contribution in [-0.4, -0.2) is 32.5 Å². The fourth-order valence-corrected chi connectivity index (χ4v) is 1.63. The van der Waals surface area contributed by atoms with E-state index in [1.54, 1.807) is 11.4 Å². The molecule has 1 amide bonds. The van der Waals surface area contributed by atoms with Crippen LogP contribution in [-0.2, 0) is 4.74 Å². The van der Waals surface area contributed by atoms with Crippen LogP contribution >= 0.6 is 11.3 Å². The molecule has 1 aromatic heterocycles. The summed E-state index contributed by atoms with van der Waals surface area (Å²) in [7, 11) is 1.51. The first-order chi connectivity index (χ1) is 7.29. The lowest BCUT2D eigenvalue weighted by molar-refractivity contribution is 0.200. The number of amides is 1. The average molecular weight is 229 g/mol. The number of carbonyl (C=O) groups excluding carboxylic acids is 1. The molecule has 5 nitrogen and oxygen atoms in total. The maximum atomic E-state index is 11.0. The van der Waals surface area contributed by atoms with Crippen LogP contribution in [0.4, 0.5) is 4.79 Å². The zero-order valence-corrected chi connectivity index (χ0v) is 9.00. The largest absolute Gasteiger partial charge is 0.486 e. The van der Waals surface area contributed by atoms with E-state index in [1.807, 2.05) is 0 Å². The van der Waals surface area contributed by atoms with Gasteiger partial charge in [0.05, 0.1) is 6.61 Å². The van der Waals surface area contributed by atoms with Gasteiger partial charge in [0.1, 0.15) is 12.7 Å². The Morgan fingerprint density at radius 2 is 2.60 bits per heavy atom. The number of rotatable bonds is 4. The third-order valence-electron chi connectivity index (χ3n) is 1.81. The van der Waals surface area contributed by atoms with Crippen molar-refractivity contribution in [2.45, 2.75) is 6.10 Å². The third kappa shape index (κ3) is 2.84. The molecular formula is C9H11NO4S. The molecule has 1 saturated heterocycles. The highest BCUT2D eigenvalue weighted by molar-refractivity contribution is 7.12. The van der Waals surface area contributed by atoms with Gasteiger partial charge in [-0.15, -0.1) is 11.3 Å². The molecular weight excluding hydrogens is 218 g/mol. The summed E-state index contributed by atoms with van der Waals surface area (Å²) in [5.41, 5.74) is 0. The molecule has 0 saturated carbocycles. The Morgan fingerprint density at radius 3 is 3.27 bits per heavy atom. The van der Waals surface area contributed by atoms with Gasteiger partial charge in [0, 0.05) is 7.05 Å². The van der Waals surface area contributed by atoms with Crippen LogP contribution in [0.15, 0.2) is 11.4 Å². The maximum Gasteiger partial charge on any atom is 0.413 e. The zero-order chi connectivity index (χ0) is 10.7. The third-order valence-corrected chi connectivity index (χ3v) is 2.58. The molecule has 1 aromatic rings. The quantitative estimate of drug-likeness (QED) is 0.789. The minimum Gasteiger partial charge on any atom is -0.486 e. The van der Waals surface area contributed by atoms with E-state index in [2.05, 4.69) is 5.32 Å². The van der Waals surface area contributed by atoms with Gasteiger partial charge in [0.15, 0.2) is 5.75 Å². The van der Waals surface area contributed by atoms with Crippen LogP contribution in [0.2, 0.25) is 0 Å². The molecule has 1 unspecified atom stereocenters. The Balaban J connectivity index is 1.91. The van der Waals surface area contributed by atoms with Crippen LogP contribution in [0.3, 0.4) is 0 Å². The topological polar surface area (TPSA) is 60.1 Å².